The van der Waals surface area contributed by atoms with Gasteiger partial charge in [-0.2, -0.15) is 4.37 Å². The number of nitrogens with two attached hydrogens (primary N) is 1. The normalized spacial score (nSPS) is 10.8. The lowest BCUT2D eigenvalue weighted by Crippen LogP contribution is -1.83. The molecule has 3 aromatic rings. The molecule has 16 heavy (non-hydrogen) atoms. The summed E-state index contributed by atoms with van der Waals surface area (Å²) in [4.78, 5) is 0. The molecule has 0 radical (unpaired) electrons. The molecule has 3 rings (SSSR count). The first kappa shape index (κ1) is 9.36. The van der Waals surface area contributed by atoms with Gasteiger partial charge in [0.25, 0.3) is 0 Å². The average molecular weight is 226 g/mol. The molecule has 1 aromatic heterocycles. The molecule has 0 unspecified atom stereocenters. The number of hydrogen-bond donors (Lipinski definition) is 1. The first-order chi connectivity index (χ1) is 7.84. The van der Waals surface area contributed by atoms with Crippen LogP contribution in [-0.2, 0) is 0 Å². The summed E-state index contributed by atoms with van der Waals surface area (Å²) in [5.74, 6) is 0.625. The predicted molar refractivity (Wildman–Crippen MR) is 69.5 cm³/mol. The molecule has 3 heteroatoms. The number of benzene rings is 2. The molecule has 0 atom stereocenters. The Morgan fingerprint density at radius 2 is 1.75 bits per heavy atom. The molecule has 0 amide bonds. The smallest absolute Gasteiger partial charge is 0.144 e. The summed E-state index contributed by atoms with van der Waals surface area (Å²) in [6.07, 6.45) is 0. The third kappa shape index (κ3) is 1.46. The van der Waals surface area contributed by atoms with E-state index in [1.807, 2.05) is 24.3 Å². The number of rotatable bonds is 1. The van der Waals surface area contributed by atoms with E-state index in [0.29, 0.717) is 5.82 Å². The van der Waals surface area contributed by atoms with Crippen molar-refractivity contribution in [2.75, 3.05) is 5.73 Å². The van der Waals surface area contributed by atoms with Gasteiger partial charge in [0.05, 0.1) is 4.70 Å². The SMILES string of the molecule is Nc1nsc2cc(-c3ccccc3)ccc12. The van der Waals surface area contributed by atoms with Crippen LogP contribution in [-0.4, -0.2) is 4.37 Å². The van der Waals surface area contributed by atoms with E-state index >= 15 is 0 Å². The highest BCUT2D eigenvalue weighted by Crippen LogP contribution is 2.29. The molecular formula is C13H10N2S. The average Bonchev–Trinajstić information content (AvgIpc) is 2.72. The van der Waals surface area contributed by atoms with E-state index in [1.54, 1.807) is 0 Å². The second-order valence-corrected chi connectivity index (χ2v) is 4.45. The number of nitrogens with zero attached hydrogens (tertiary/aromatic N) is 1. The monoisotopic (exact) mass is 226 g/mol. The van der Waals surface area contributed by atoms with Crippen molar-refractivity contribution in [3.63, 3.8) is 0 Å². The van der Waals surface area contributed by atoms with E-state index in [1.165, 1.54) is 22.7 Å². The highest BCUT2D eigenvalue weighted by molar-refractivity contribution is 7.13. The Labute approximate surface area is 97.5 Å². The molecule has 0 aliphatic rings. The van der Waals surface area contributed by atoms with Crippen LogP contribution in [0.25, 0.3) is 21.2 Å². The third-order valence-corrected chi connectivity index (χ3v) is 3.43. The van der Waals surface area contributed by atoms with E-state index in [-0.39, 0.29) is 0 Å². The Morgan fingerprint density at radius 3 is 2.56 bits per heavy atom. The van der Waals surface area contributed by atoms with Crippen LogP contribution in [0.5, 0.6) is 0 Å². The molecule has 0 aliphatic carbocycles. The Bertz CT molecular complexity index is 629. The second-order valence-electron chi connectivity index (χ2n) is 3.64. The van der Waals surface area contributed by atoms with E-state index in [4.69, 9.17) is 5.73 Å². The zero-order chi connectivity index (χ0) is 11.0. The van der Waals surface area contributed by atoms with Gasteiger partial charge in [-0.3, -0.25) is 0 Å². The fourth-order valence-corrected chi connectivity index (χ4v) is 2.51. The standard InChI is InChI=1S/C13H10N2S/c14-13-11-7-6-10(8-12(11)16-15-13)9-4-2-1-3-5-9/h1-8H,(H2,14,15). The minimum Gasteiger partial charge on any atom is -0.382 e. The van der Waals surface area contributed by atoms with Crippen molar-refractivity contribution in [1.29, 1.82) is 0 Å². The second kappa shape index (κ2) is 3.61. The van der Waals surface area contributed by atoms with Gasteiger partial charge in [-0.05, 0) is 34.8 Å². The van der Waals surface area contributed by atoms with Crippen LogP contribution in [0.4, 0.5) is 5.82 Å². The number of fused-ring (bicyclic) bond motifs is 1. The van der Waals surface area contributed by atoms with Gasteiger partial charge in [0.1, 0.15) is 5.82 Å². The van der Waals surface area contributed by atoms with Crippen molar-refractivity contribution in [3.05, 3.63) is 48.5 Å². The first-order valence-corrected chi connectivity index (χ1v) is 5.82. The van der Waals surface area contributed by atoms with Crippen LogP contribution in [0, 0.1) is 0 Å². The summed E-state index contributed by atoms with van der Waals surface area (Å²) >= 11 is 1.45. The lowest BCUT2D eigenvalue weighted by atomic mass is 10.1. The summed E-state index contributed by atoms with van der Waals surface area (Å²) in [5, 5.41) is 1.05. The lowest BCUT2D eigenvalue weighted by molar-refractivity contribution is 1.58. The van der Waals surface area contributed by atoms with Crippen molar-refractivity contribution in [2.24, 2.45) is 0 Å². The van der Waals surface area contributed by atoms with E-state index in [0.717, 1.165) is 10.1 Å². The molecule has 1 heterocycles. The van der Waals surface area contributed by atoms with Gasteiger partial charge < -0.3 is 5.73 Å². The molecule has 0 bridgehead atoms. The van der Waals surface area contributed by atoms with Gasteiger partial charge in [-0.1, -0.05) is 36.4 Å². The number of nitrogen functional groups attached to an aromatic ring is 1. The number of aromatic nitrogens is 1. The minimum atomic E-state index is 0.625. The quantitative estimate of drug-likeness (QED) is 0.689. The Hall–Kier alpha value is -1.87. The molecule has 2 nitrogen and oxygen atoms in total. The largest absolute Gasteiger partial charge is 0.382 e. The molecule has 2 N–H and O–H groups in total. The molecule has 0 saturated carbocycles. The topological polar surface area (TPSA) is 38.9 Å². The highest BCUT2D eigenvalue weighted by atomic mass is 32.1. The highest BCUT2D eigenvalue weighted by Gasteiger charge is 2.04. The summed E-state index contributed by atoms with van der Waals surface area (Å²) in [7, 11) is 0. The van der Waals surface area contributed by atoms with Crippen LogP contribution in [0.3, 0.4) is 0 Å². The Morgan fingerprint density at radius 1 is 0.938 bits per heavy atom. The zero-order valence-corrected chi connectivity index (χ0v) is 9.37. The van der Waals surface area contributed by atoms with Crippen molar-refractivity contribution in [1.82, 2.24) is 4.37 Å². The molecule has 0 aliphatic heterocycles. The van der Waals surface area contributed by atoms with Crippen molar-refractivity contribution in [3.8, 4) is 11.1 Å². The van der Waals surface area contributed by atoms with Crippen LogP contribution in [0.1, 0.15) is 0 Å². The van der Waals surface area contributed by atoms with Gasteiger partial charge in [0.15, 0.2) is 0 Å². The van der Waals surface area contributed by atoms with Crippen molar-refractivity contribution >= 4 is 27.4 Å². The first-order valence-electron chi connectivity index (χ1n) is 5.05. The maximum atomic E-state index is 5.76. The Balaban J connectivity index is 2.19. The summed E-state index contributed by atoms with van der Waals surface area (Å²) in [6.45, 7) is 0. The van der Waals surface area contributed by atoms with Crippen LogP contribution < -0.4 is 5.73 Å². The predicted octanol–water partition coefficient (Wildman–Crippen LogP) is 3.55. The van der Waals surface area contributed by atoms with Crippen LogP contribution in [0.2, 0.25) is 0 Å². The lowest BCUT2D eigenvalue weighted by Gasteiger charge is -2.00. The molecule has 78 valence electrons. The maximum absolute atomic E-state index is 5.76. The molecule has 0 fully saturated rings. The van der Waals surface area contributed by atoms with Gasteiger partial charge in [0, 0.05) is 5.39 Å². The summed E-state index contributed by atoms with van der Waals surface area (Å²) in [6, 6.07) is 16.6. The molecule has 2 aromatic carbocycles. The van der Waals surface area contributed by atoms with Gasteiger partial charge in [-0.25, -0.2) is 0 Å². The minimum absolute atomic E-state index is 0.625. The van der Waals surface area contributed by atoms with Gasteiger partial charge in [-0.15, -0.1) is 0 Å². The van der Waals surface area contributed by atoms with Crippen molar-refractivity contribution in [2.45, 2.75) is 0 Å². The zero-order valence-electron chi connectivity index (χ0n) is 8.55. The van der Waals surface area contributed by atoms with E-state index < -0.39 is 0 Å². The third-order valence-electron chi connectivity index (χ3n) is 2.61. The molecular weight excluding hydrogens is 216 g/mol. The number of hydrogen-bond acceptors (Lipinski definition) is 3. The molecule has 0 spiro atoms. The number of anilines is 1. The van der Waals surface area contributed by atoms with Gasteiger partial charge >= 0.3 is 0 Å². The maximum Gasteiger partial charge on any atom is 0.144 e. The summed E-state index contributed by atoms with van der Waals surface area (Å²) < 4.78 is 5.29. The van der Waals surface area contributed by atoms with Crippen LogP contribution >= 0.6 is 11.5 Å². The fraction of sp³-hybridized carbons (Fsp3) is 0. The Kier molecular flexibility index (Phi) is 2.11. The fourth-order valence-electron chi connectivity index (χ4n) is 1.77. The van der Waals surface area contributed by atoms with Gasteiger partial charge in [0.2, 0.25) is 0 Å². The van der Waals surface area contributed by atoms with Crippen LogP contribution in [0.15, 0.2) is 48.5 Å². The molecule has 0 saturated heterocycles. The van der Waals surface area contributed by atoms with E-state index in [9.17, 15) is 0 Å². The van der Waals surface area contributed by atoms with Crippen molar-refractivity contribution < 1.29 is 0 Å². The summed E-state index contributed by atoms with van der Waals surface area (Å²) in [5.41, 5.74) is 8.19. The van der Waals surface area contributed by atoms with E-state index in [2.05, 4.69) is 28.6 Å².